The number of benzene rings is 1. The average molecular weight is 350 g/mol. The van der Waals surface area contributed by atoms with Gasteiger partial charge < -0.3 is 5.32 Å². The molecule has 1 aromatic carbocycles. The van der Waals surface area contributed by atoms with E-state index >= 15 is 0 Å². The van der Waals surface area contributed by atoms with E-state index in [1.165, 1.54) is 16.8 Å². The number of hydrogen-bond donors (Lipinski definition) is 1. The highest BCUT2D eigenvalue weighted by molar-refractivity contribution is 9.10. The molecule has 4 heteroatoms. The van der Waals surface area contributed by atoms with Gasteiger partial charge in [0.1, 0.15) is 0 Å². The molecule has 1 aromatic heterocycles. The van der Waals surface area contributed by atoms with Gasteiger partial charge in [0, 0.05) is 19.1 Å². The van der Waals surface area contributed by atoms with Crippen LogP contribution < -0.4 is 5.32 Å². The van der Waals surface area contributed by atoms with Crippen molar-refractivity contribution in [3.05, 3.63) is 51.3 Å². The van der Waals surface area contributed by atoms with Crippen LogP contribution in [0.15, 0.2) is 28.7 Å². The molecule has 2 rings (SSSR count). The molecule has 3 nitrogen and oxygen atoms in total. The number of nitrogens with zero attached hydrogens (tertiary/aromatic N) is 2. The van der Waals surface area contributed by atoms with E-state index in [0.29, 0.717) is 6.04 Å². The lowest BCUT2D eigenvalue weighted by molar-refractivity contribution is 0.528. The SMILES string of the molecule is CCc1nn(CC)c(CNC(C)c2ccccc2C)c1Br. The van der Waals surface area contributed by atoms with E-state index in [-0.39, 0.29) is 0 Å². The van der Waals surface area contributed by atoms with Crippen molar-refractivity contribution in [1.82, 2.24) is 15.1 Å². The van der Waals surface area contributed by atoms with Gasteiger partial charge in [-0.1, -0.05) is 31.2 Å². The molecule has 1 N–H and O–H groups in total. The molecule has 0 aliphatic carbocycles. The summed E-state index contributed by atoms with van der Waals surface area (Å²) in [6.45, 7) is 10.4. The quantitative estimate of drug-likeness (QED) is 0.838. The Morgan fingerprint density at radius 3 is 2.62 bits per heavy atom. The van der Waals surface area contributed by atoms with Crippen molar-refractivity contribution >= 4 is 15.9 Å². The highest BCUT2D eigenvalue weighted by Gasteiger charge is 2.15. The molecule has 0 fully saturated rings. The zero-order valence-corrected chi connectivity index (χ0v) is 14.9. The Hall–Kier alpha value is -1.13. The summed E-state index contributed by atoms with van der Waals surface area (Å²) >= 11 is 3.70. The Labute approximate surface area is 135 Å². The molecular formula is C17H24BrN3. The third-order valence-corrected chi connectivity index (χ3v) is 4.84. The molecule has 1 heterocycles. The van der Waals surface area contributed by atoms with Gasteiger partial charge in [0.2, 0.25) is 0 Å². The Kier molecular flexibility index (Phi) is 5.59. The van der Waals surface area contributed by atoms with Crippen molar-refractivity contribution in [1.29, 1.82) is 0 Å². The molecular weight excluding hydrogens is 326 g/mol. The summed E-state index contributed by atoms with van der Waals surface area (Å²) in [5.41, 5.74) is 5.05. The molecule has 0 aliphatic rings. The van der Waals surface area contributed by atoms with Crippen LogP contribution in [0, 0.1) is 6.92 Å². The number of rotatable bonds is 6. The molecule has 0 aliphatic heterocycles. The summed E-state index contributed by atoms with van der Waals surface area (Å²) in [6, 6.07) is 8.86. The van der Waals surface area contributed by atoms with Crippen LogP contribution in [0.5, 0.6) is 0 Å². The zero-order valence-electron chi connectivity index (χ0n) is 13.3. The smallest absolute Gasteiger partial charge is 0.0767 e. The molecule has 0 saturated heterocycles. The first-order chi connectivity index (χ1) is 10.1. The van der Waals surface area contributed by atoms with Gasteiger partial charge in [0.05, 0.1) is 15.9 Å². The van der Waals surface area contributed by atoms with Crippen molar-refractivity contribution < 1.29 is 0 Å². The van der Waals surface area contributed by atoms with Gasteiger partial charge in [-0.2, -0.15) is 5.10 Å². The molecule has 0 amide bonds. The summed E-state index contributed by atoms with van der Waals surface area (Å²) in [7, 11) is 0. The standard InChI is InChI=1S/C17H24BrN3/c1-5-15-17(18)16(21(6-2)20-15)11-19-13(4)14-10-8-7-9-12(14)3/h7-10,13,19H,5-6,11H2,1-4H3. The van der Waals surface area contributed by atoms with Gasteiger partial charge in [0.15, 0.2) is 0 Å². The molecule has 1 atom stereocenters. The fourth-order valence-corrected chi connectivity index (χ4v) is 3.32. The van der Waals surface area contributed by atoms with Gasteiger partial charge in [-0.3, -0.25) is 4.68 Å². The van der Waals surface area contributed by atoms with Crippen LogP contribution in [0.25, 0.3) is 0 Å². The Balaban J connectivity index is 2.13. The van der Waals surface area contributed by atoms with Crippen molar-refractivity contribution in [3.63, 3.8) is 0 Å². The topological polar surface area (TPSA) is 29.9 Å². The molecule has 0 spiro atoms. The number of aromatic nitrogens is 2. The Morgan fingerprint density at radius 1 is 1.29 bits per heavy atom. The lowest BCUT2D eigenvalue weighted by atomic mass is 10.0. The van der Waals surface area contributed by atoms with Gasteiger partial charge >= 0.3 is 0 Å². The summed E-state index contributed by atoms with van der Waals surface area (Å²) in [5.74, 6) is 0. The minimum absolute atomic E-state index is 0.323. The zero-order chi connectivity index (χ0) is 15.4. The minimum atomic E-state index is 0.323. The van der Waals surface area contributed by atoms with E-state index in [0.717, 1.165) is 29.7 Å². The molecule has 0 saturated carbocycles. The molecule has 2 aromatic rings. The largest absolute Gasteiger partial charge is 0.305 e. The van der Waals surface area contributed by atoms with Crippen LogP contribution in [0.1, 0.15) is 49.3 Å². The monoisotopic (exact) mass is 349 g/mol. The predicted molar refractivity (Wildman–Crippen MR) is 91.4 cm³/mol. The molecule has 0 bridgehead atoms. The van der Waals surface area contributed by atoms with Crippen molar-refractivity contribution in [3.8, 4) is 0 Å². The van der Waals surface area contributed by atoms with Crippen LogP contribution in [-0.4, -0.2) is 9.78 Å². The Bertz CT molecular complexity index is 604. The van der Waals surface area contributed by atoms with Gasteiger partial charge in [-0.05, 0) is 54.2 Å². The van der Waals surface area contributed by atoms with Gasteiger partial charge in [0.25, 0.3) is 0 Å². The summed E-state index contributed by atoms with van der Waals surface area (Å²) in [6.07, 6.45) is 0.952. The maximum Gasteiger partial charge on any atom is 0.0767 e. The first-order valence-corrected chi connectivity index (χ1v) is 8.40. The van der Waals surface area contributed by atoms with E-state index in [1.54, 1.807) is 0 Å². The van der Waals surface area contributed by atoms with Crippen LogP contribution in [0.2, 0.25) is 0 Å². The normalized spacial score (nSPS) is 12.6. The van der Waals surface area contributed by atoms with E-state index in [1.807, 2.05) is 0 Å². The Morgan fingerprint density at radius 2 is 2.00 bits per heavy atom. The second-order valence-electron chi connectivity index (χ2n) is 5.34. The maximum atomic E-state index is 4.64. The molecule has 0 radical (unpaired) electrons. The molecule has 1 unspecified atom stereocenters. The highest BCUT2D eigenvalue weighted by Crippen LogP contribution is 2.24. The molecule has 21 heavy (non-hydrogen) atoms. The predicted octanol–water partition coefficient (Wildman–Crippen LogP) is 4.39. The number of hydrogen-bond acceptors (Lipinski definition) is 2. The van der Waals surface area contributed by atoms with Gasteiger partial charge in [-0.15, -0.1) is 0 Å². The van der Waals surface area contributed by atoms with E-state index in [9.17, 15) is 0 Å². The van der Waals surface area contributed by atoms with Crippen LogP contribution in [-0.2, 0) is 19.5 Å². The van der Waals surface area contributed by atoms with Crippen LogP contribution in [0.3, 0.4) is 0 Å². The summed E-state index contributed by atoms with van der Waals surface area (Å²) in [4.78, 5) is 0. The lowest BCUT2D eigenvalue weighted by Crippen LogP contribution is -2.21. The van der Waals surface area contributed by atoms with Crippen molar-refractivity contribution in [2.45, 2.75) is 53.2 Å². The lowest BCUT2D eigenvalue weighted by Gasteiger charge is -2.17. The van der Waals surface area contributed by atoms with Crippen LogP contribution in [0.4, 0.5) is 0 Å². The average Bonchev–Trinajstić information content (AvgIpc) is 2.80. The number of aryl methyl sites for hydroxylation is 3. The first-order valence-electron chi connectivity index (χ1n) is 7.61. The fourth-order valence-electron chi connectivity index (χ4n) is 2.62. The third-order valence-electron chi connectivity index (χ3n) is 3.92. The fraction of sp³-hybridized carbons (Fsp3) is 0.471. The summed E-state index contributed by atoms with van der Waals surface area (Å²) in [5, 5.41) is 8.26. The number of halogens is 1. The first kappa shape index (κ1) is 16.2. The second-order valence-corrected chi connectivity index (χ2v) is 6.13. The van der Waals surface area contributed by atoms with Crippen LogP contribution >= 0.6 is 15.9 Å². The number of nitrogens with one attached hydrogen (secondary N) is 1. The minimum Gasteiger partial charge on any atom is -0.305 e. The summed E-state index contributed by atoms with van der Waals surface area (Å²) < 4.78 is 3.23. The van der Waals surface area contributed by atoms with E-state index < -0.39 is 0 Å². The van der Waals surface area contributed by atoms with Gasteiger partial charge in [-0.25, -0.2) is 0 Å². The second kappa shape index (κ2) is 7.23. The van der Waals surface area contributed by atoms with E-state index in [2.05, 4.69) is 83.0 Å². The van der Waals surface area contributed by atoms with Crippen molar-refractivity contribution in [2.75, 3.05) is 0 Å². The third kappa shape index (κ3) is 3.55. The van der Waals surface area contributed by atoms with Crippen molar-refractivity contribution in [2.24, 2.45) is 0 Å². The highest BCUT2D eigenvalue weighted by atomic mass is 79.9. The molecule has 114 valence electrons. The maximum absolute atomic E-state index is 4.64. The van der Waals surface area contributed by atoms with E-state index in [4.69, 9.17) is 0 Å².